The Labute approximate surface area is 111 Å². The van der Waals surface area contributed by atoms with E-state index in [9.17, 15) is 4.79 Å². The molecular formula is C17H14O2. The molecule has 0 radical (unpaired) electrons. The maximum absolute atomic E-state index is 12.6. The van der Waals surface area contributed by atoms with Gasteiger partial charge in [-0.05, 0) is 30.2 Å². The van der Waals surface area contributed by atoms with E-state index >= 15 is 0 Å². The van der Waals surface area contributed by atoms with Gasteiger partial charge in [0.05, 0.1) is 10.8 Å². The highest BCUT2D eigenvalue weighted by molar-refractivity contribution is 5.94. The predicted molar refractivity (Wildman–Crippen MR) is 79.3 cm³/mol. The van der Waals surface area contributed by atoms with Crippen molar-refractivity contribution in [2.45, 2.75) is 13.3 Å². The summed E-state index contributed by atoms with van der Waals surface area (Å²) in [4.78, 5) is 12.6. The molecule has 0 amide bonds. The molecule has 0 atom stereocenters. The Morgan fingerprint density at radius 3 is 2.68 bits per heavy atom. The summed E-state index contributed by atoms with van der Waals surface area (Å²) in [6.45, 7) is 2.07. The number of hydrogen-bond donors (Lipinski definition) is 0. The largest absolute Gasteiger partial charge is 0.456 e. The number of allylic oxidation sites excluding steroid dienone is 1. The molecule has 0 saturated carbocycles. The molecule has 0 aliphatic rings. The van der Waals surface area contributed by atoms with Crippen LogP contribution < -0.4 is 5.43 Å². The van der Waals surface area contributed by atoms with E-state index in [2.05, 4.69) is 6.92 Å². The zero-order valence-electron chi connectivity index (χ0n) is 10.7. The molecular weight excluding hydrogens is 236 g/mol. The highest BCUT2D eigenvalue weighted by Crippen LogP contribution is 2.22. The maximum Gasteiger partial charge on any atom is 0.201 e. The third-order valence-corrected chi connectivity index (χ3v) is 3.17. The standard InChI is InChI=1S/C17H14O2/c1-2-3-7-12-8-6-11-15-16(12)17(18)13-9-4-5-10-14(13)19-15/h3-11H,2H2,1H3. The van der Waals surface area contributed by atoms with Crippen molar-refractivity contribution in [3.05, 3.63) is 64.3 Å². The number of rotatable bonds is 2. The third kappa shape index (κ3) is 1.95. The Kier molecular flexibility index (Phi) is 2.92. The molecule has 0 fully saturated rings. The van der Waals surface area contributed by atoms with E-state index in [1.54, 1.807) is 6.07 Å². The molecule has 0 N–H and O–H groups in total. The molecule has 2 aromatic carbocycles. The lowest BCUT2D eigenvalue weighted by Gasteiger charge is -2.03. The molecule has 0 aliphatic heterocycles. The second kappa shape index (κ2) is 4.73. The predicted octanol–water partition coefficient (Wildman–Crippen LogP) is 4.37. The van der Waals surface area contributed by atoms with Crippen molar-refractivity contribution in [2.75, 3.05) is 0 Å². The van der Waals surface area contributed by atoms with Crippen LogP contribution in [0.5, 0.6) is 0 Å². The van der Waals surface area contributed by atoms with Crippen LogP contribution in [-0.4, -0.2) is 0 Å². The molecule has 0 unspecified atom stereocenters. The highest BCUT2D eigenvalue weighted by atomic mass is 16.3. The minimum Gasteiger partial charge on any atom is -0.456 e. The van der Waals surface area contributed by atoms with Crippen molar-refractivity contribution in [3.63, 3.8) is 0 Å². The summed E-state index contributed by atoms with van der Waals surface area (Å²) >= 11 is 0. The first-order valence-electron chi connectivity index (χ1n) is 6.42. The first kappa shape index (κ1) is 11.7. The van der Waals surface area contributed by atoms with E-state index in [0.29, 0.717) is 21.9 Å². The molecule has 0 spiro atoms. The molecule has 1 heterocycles. The molecule has 3 aromatic rings. The minimum atomic E-state index is 0.0354. The summed E-state index contributed by atoms with van der Waals surface area (Å²) < 4.78 is 5.81. The van der Waals surface area contributed by atoms with Gasteiger partial charge >= 0.3 is 0 Å². The van der Waals surface area contributed by atoms with E-state index in [-0.39, 0.29) is 5.43 Å². The molecule has 19 heavy (non-hydrogen) atoms. The van der Waals surface area contributed by atoms with Crippen molar-refractivity contribution in [1.29, 1.82) is 0 Å². The first-order valence-corrected chi connectivity index (χ1v) is 6.42. The van der Waals surface area contributed by atoms with Crippen molar-refractivity contribution in [2.24, 2.45) is 0 Å². The normalized spacial score (nSPS) is 11.6. The van der Waals surface area contributed by atoms with Crippen LogP contribution in [0, 0.1) is 0 Å². The lowest BCUT2D eigenvalue weighted by molar-refractivity contribution is 0.660. The monoisotopic (exact) mass is 250 g/mol. The number of hydrogen-bond acceptors (Lipinski definition) is 2. The van der Waals surface area contributed by atoms with Crippen molar-refractivity contribution >= 4 is 28.0 Å². The van der Waals surface area contributed by atoms with Gasteiger partial charge in [-0.1, -0.05) is 43.3 Å². The Hall–Kier alpha value is -2.35. The second-order valence-corrected chi connectivity index (χ2v) is 4.46. The Bertz CT molecular complexity index is 825. The van der Waals surface area contributed by atoms with Gasteiger partial charge in [-0.25, -0.2) is 0 Å². The van der Waals surface area contributed by atoms with Gasteiger partial charge in [0, 0.05) is 0 Å². The molecule has 2 heteroatoms. The molecule has 1 aromatic heterocycles. The fourth-order valence-electron chi connectivity index (χ4n) is 2.26. The third-order valence-electron chi connectivity index (χ3n) is 3.17. The molecule has 0 bridgehead atoms. The quantitative estimate of drug-likeness (QED) is 0.632. The van der Waals surface area contributed by atoms with Crippen molar-refractivity contribution in [1.82, 2.24) is 0 Å². The van der Waals surface area contributed by atoms with Crippen molar-refractivity contribution < 1.29 is 4.42 Å². The Morgan fingerprint density at radius 1 is 1.05 bits per heavy atom. The van der Waals surface area contributed by atoms with Crippen LogP contribution in [-0.2, 0) is 0 Å². The second-order valence-electron chi connectivity index (χ2n) is 4.46. The molecule has 3 rings (SSSR count). The van der Waals surface area contributed by atoms with E-state index in [1.165, 1.54) is 0 Å². The van der Waals surface area contributed by atoms with Gasteiger partial charge in [-0.2, -0.15) is 0 Å². The van der Waals surface area contributed by atoms with Crippen LogP contribution in [0.1, 0.15) is 18.9 Å². The van der Waals surface area contributed by atoms with Crippen molar-refractivity contribution in [3.8, 4) is 0 Å². The average Bonchev–Trinajstić information content (AvgIpc) is 2.45. The molecule has 2 nitrogen and oxygen atoms in total. The van der Waals surface area contributed by atoms with Gasteiger partial charge in [0.25, 0.3) is 0 Å². The number of para-hydroxylation sites is 1. The fourth-order valence-corrected chi connectivity index (χ4v) is 2.26. The smallest absolute Gasteiger partial charge is 0.201 e. The minimum absolute atomic E-state index is 0.0354. The van der Waals surface area contributed by atoms with Crippen LogP contribution in [0.4, 0.5) is 0 Å². The summed E-state index contributed by atoms with van der Waals surface area (Å²) in [5.74, 6) is 0. The zero-order chi connectivity index (χ0) is 13.2. The molecule has 0 saturated heterocycles. The van der Waals surface area contributed by atoms with Crippen LogP contribution in [0.25, 0.3) is 28.0 Å². The summed E-state index contributed by atoms with van der Waals surface area (Å²) in [6, 6.07) is 13.1. The van der Waals surface area contributed by atoms with Gasteiger partial charge in [0.15, 0.2) is 0 Å². The first-order chi connectivity index (χ1) is 9.31. The summed E-state index contributed by atoms with van der Waals surface area (Å²) in [5, 5.41) is 1.29. The van der Waals surface area contributed by atoms with Gasteiger partial charge < -0.3 is 4.42 Å². The summed E-state index contributed by atoms with van der Waals surface area (Å²) in [7, 11) is 0. The van der Waals surface area contributed by atoms with E-state index in [0.717, 1.165) is 12.0 Å². The van der Waals surface area contributed by atoms with Gasteiger partial charge in [-0.3, -0.25) is 4.79 Å². The lowest BCUT2D eigenvalue weighted by Crippen LogP contribution is -2.03. The SMILES string of the molecule is CCC=Cc1cccc2oc3ccccc3c(=O)c12. The van der Waals surface area contributed by atoms with E-state index < -0.39 is 0 Å². The van der Waals surface area contributed by atoms with Crippen LogP contribution >= 0.6 is 0 Å². The fraction of sp³-hybridized carbons (Fsp3) is 0.118. The van der Waals surface area contributed by atoms with E-state index in [4.69, 9.17) is 4.42 Å². The van der Waals surface area contributed by atoms with E-state index in [1.807, 2.05) is 48.6 Å². The number of fused-ring (bicyclic) bond motifs is 2. The summed E-state index contributed by atoms with van der Waals surface area (Å²) in [6.07, 6.45) is 4.97. The number of benzene rings is 2. The highest BCUT2D eigenvalue weighted by Gasteiger charge is 2.09. The van der Waals surface area contributed by atoms with Gasteiger partial charge in [0.2, 0.25) is 5.43 Å². The van der Waals surface area contributed by atoms with Gasteiger partial charge in [-0.15, -0.1) is 0 Å². The Morgan fingerprint density at radius 2 is 1.84 bits per heavy atom. The van der Waals surface area contributed by atoms with Crippen LogP contribution in [0.15, 0.2) is 57.8 Å². The average molecular weight is 250 g/mol. The van der Waals surface area contributed by atoms with Crippen LogP contribution in [0.2, 0.25) is 0 Å². The van der Waals surface area contributed by atoms with Gasteiger partial charge in [0.1, 0.15) is 11.2 Å². The lowest BCUT2D eigenvalue weighted by atomic mass is 10.1. The molecule has 0 aliphatic carbocycles. The topological polar surface area (TPSA) is 30.2 Å². The van der Waals surface area contributed by atoms with Crippen LogP contribution in [0.3, 0.4) is 0 Å². The Balaban J connectivity index is 2.46. The summed E-state index contributed by atoms with van der Waals surface area (Å²) in [5.41, 5.74) is 2.23. The molecule has 94 valence electrons. The maximum atomic E-state index is 12.6. The zero-order valence-corrected chi connectivity index (χ0v) is 10.7.